The molecule has 0 aliphatic carbocycles. The molecule has 83 heavy (non-hydrogen) atoms. The zero-order chi connectivity index (χ0) is 60.5. The summed E-state index contributed by atoms with van der Waals surface area (Å²) in [6.07, 6.45) is 85.1. The van der Waals surface area contributed by atoms with Gasteiger partial charge < -0.3 is 28.5 Å². The fourth-order valence-corrected chi connectivity index (χ4v) is 9.58. The Labute approximate surface area is 512 Å². The molecule has 0 bridgehead atoms. The van der Waals surface area contributed by atoms with E-state index >= 15 is 0 Å². The van der Waals surface area contributed by atoms with Crippen molar-refractivity contribution in [1.82, 2.24) is 0 Å². The second kappa shape index (κ2) is 64.2. The Balaban J connectivity index is 4.11. The van der Waals surface area contributed by atoms with Gasteiger partial charge in [0.2, 0.25) is 0 Å². The van der Waals surface area contributed by atoms with Crippen molar-refractivity contribution in [2.45, 2.75) is 309 Å². The van der Waals surface area contributed by atoms with Gasteiger partial charge in [0.25, 0.3) is 6.29 Å². The predicted molar refractivity (Wildman–Crippen MR) is 355 cm³/mol. The smallest absolute Gasteiger partial charge is 0.361 e. The summed E-state index contributed by atoms with van der Waals surface area (Å²) in [6.45, 7) is 4.78. The highest BCUT2D eigenvalue weighted by Crippen LogP contribution is 2.17. The van der Waals surface area contributed by atoms with Gasteiger partial charge >= 0.3 is 17.9 Å². The van der Waals surface area contributed by atoms with E-state index in [2.05, 4.69) is 111 Å². The summed E-state index contributed by atoms with van der Waals surface area (Å²) in [4.78, 5) is 37.6. The highest BCUT2D eigenvalue weighted by Gasteiger charge is 2.25. The van der Waals surface area contributed by atoms with Crippen molar-refractivity contribution in [2.24, 2.45) is 0 Å². The van der Waals surface area contributed by atoms with Crippen LogP contribution >= 0.6 is 0 Å². The minimum atomic E-state index is -1.51. The third-order valence-electron chi connectivity index (χ3n) is 14.8. The number of ether oxygens (including phenoxy) is 4. The first kappa shape index (κ1) is 79.2. The molecule has 0 heterocycles. The van der Waals surface area contributed by atoms with Crippen molar-refractivity contribution in [1.29, 1.82) is 0 Å². The number of rotatable bonds is 63. The van der Waals surface area contributed by atoms with Crippen molar-refractivity contribution in [3.05, 3.63) is 97.2 Å². The summed E-state index contributed by atoms with van der Waals surface area (Å²) in [5, 5.41) is 9.74. The summed E-state index contributed by atoms with van der Waals surface area (Å²) < 4.78 is 23.0. The number of aliphatic carboxylic acids is 1. The van der Waals surface area contributed by atoms with Crippen LogP contribution in [0.3, 0.4) is 0 Å². The van der Waals surface area contributed by atoms with E-state index in [-0.39, 0.29) is 32.2 Å². The van der Waals surface area contributed by atoms with Gasteiger partial charge in [-0.05, 0) is 96.3 Å². The maximum Gasteiger partial charge on any atom is 0.361 e. The number of carboxylic acid groups (broad SMARTS) is 1. The summed E-state index contributed by atoms with van der Waals surface area (Å²) in [7, 11) is 5.98. The molecule has 0 saturated carbocycles. The summed E-state index contributed by atoms with van der Waals surface area (Å²) in [5.74, 6) is -2.00. The Morgan fingerprint density at radius 1 is 0.373 bits per heavy atom. The number of carbonyl (C=O) groups excluding carboxylic acids is 2. The van der Waals surface area contributed by atoms with Gasteiger partial charge in [-0.1, -0.05) is 284 Å². The van der Waals surface area contributed by atoms with Crippen LogP contribution in [-0.2, 0) is 33.3 Å². The highest BCUT2D eigenvalue weighted by molar-refractivity contribution is 5.71. The third kappa shape index (κ3) is 65.6. The molecule has 0 aromatic carbocycles. The Bertz CT molecular complexity index is 1680. The molecule has 0 aliphatic heterocycles. The standard InChI is InChI=1S/C74H129NO8/c1-6-8-10-12-14-16-18-20-22-24-26-28-30-31-32-33-34-35-36-37-38-39-40-41-43-45-47-49-51-53-55-57-59-61-63-65-72(77)83-70(69-82-74(73(78)79)80-67-66-75(3,4)5)68-81-71(76)64-62-60-58-56-54-52-50-48-46-44-42-29-27-25-23-21-19-17-15-13-11-9-7-2/h8,10,14,16,19-22,25-28,31-32,34-35,70,74H,6-7,9,11-13,15,17-18,23-24,29-30,33,36-69H2,1-5H3/p+1/b10-8-,16-14-,21-19-,22-20-,27-25-,28-26-,32-31-,35-34-. The first-order valence-corrected chi connectivity index (χ1v) is 34.4. The normalized spacial score (nSPS) is 13.3. The number of likely N-dealkylation sites (N-methyl/N-ethyl adjacent to an activating group) is 1. The molecular formula is C74H130NO8+. The molecule has 0 aromatic heterocycles. The Morgan fingerprint density at radius 3 is 1.02 bits per heavy atom. The number of hydrogen-bond acceptors (Lipinski definition) is 7. The van der Waals surface area contributed by atoms with Gasteiger partial charge in [0.1, 0.15) is 13.2 Å². The minimum Gasteiger partial charge on any atom is -0.477 e. The van der Waals surface area contributed by atoms with Crippen LogP contribution in [0.25, 0.3) is 0 Å². The molecule has 9 heteroatoms. The minimum absolute atomic E-state index is 0.184. The van der Waals surface area contributed by atoms with Crippen LogP contribution in [0, 0.1) is 0 Å². The van der Waals surface area contributed by atoms with Gasteiger partial charge in [-0.2, -0.15) is 0 Å². The Morgan fingerprint density at radius 2 is 0.687 bits per heavy atom. The van der Waals surface area contributed by atoms with Crippen molar-refractivity contribution in [3.8, 4) is 0 Å². The van der Waals surface area contributed by atoms with E-state index in [4.69, 9.17) is 18.9 Å². The summed E-state index contributed by atoms with van der Waals surface area (Å²) >= 11 is 0. The molecule has 1 N–H and O–H groups in total. The molecule has 0 rings (SSSR count). The molecular weight excluding hydrogens is 1030 g/mol. The van der Waals surface area contributed by atoms with E-state index < -0.39 is 24.3 Å². The molecule has 0 aromatic rings. The molecule has 2 unspecified atom stereocenters. The van der Waals surface area contributed by atoms with Gasteiger partial charge in [-0.15, -0.1) is 0 Å². The number of nitrogens with zero attached hydrogens (tertiary/aromatic N) is 1. The number of hydrogen-bond donors (Lipinski definition) is 1. The van der Waals surface area contributed by atoms with Crippen LogP contribution in [-0.4, -0.2) is 87.4 Å². The van der Waals surface area contributed by atoms with Crippen molar-refractivity contribution >= 4 is 17.9 Å². The fourth-order valence-electron chi connectivity index (χ4n) is 9.58. The van der Waals surface area contributed by atoms with Gasteiger partial charge in [0, 0.05) is 12.8 Å². The Hall–Kier alpha value is -3.79. The van der Waals surface area contributed by atoms with E-state index in [0.717, 1.165) is 83.5 Å². The lowest BCUT2D eigenvalue weighted by Gasteiger charge is -2.25. The largest absolute Gasteiger partial charge is 0.477 e. The van der Waals surface area contributed by atoms with E-state index in [0.29, 0.717) is 17.4 Å². The first-order chi connectivity index (χ1) is 40.6. The number of esters is 2. The SMILES string of the molecule is CC/C=C\C/C=C\C/C=C\C/C=C\C/C=C\C/C=C\CCCCCCCCCCCCCCCCCCC(=O)OC(COC(=O)CCCCCCCCCCCCC/C=C\C/C=C\CCCCCCC)COC(OCC[N+](C)(C)C)C(=O)O. The van der Waals surface area contributed by atoms with E-state index in [1.54, 1.807) is 0 Å². The van der Waals surface area contributed by atoms with Crippen LogP contribution in [0.15, 0.2) is 97.2 Å². The van der Waals surface area contributed by atoms with Gasteiger partial charge in [0.05, 0.1) is 34.4 Å². The summed E-state index contributed by atoms with van der Waals surface area (Å²) in [6, 6.07) is 0. The van der Waals surface area contributed by atoms with Crippen LogP contribution in [0.4, 0.5) is 0 Å². The van der Waals surface area contributed by atoms with E-state index in [1.165, 1.54) is 186 Å². The average molecular weight is 1160 g/mol. The zero-order valence-electron chi connectivity index (χ0n) is 54.6. The highest BCUT2D eigenvalue weighted by atomic mass is 16.7. The molecule has 0 amide bonds. The Kier molecular flexibility index (Phi) is 61.3. The van der Waals surface area contributed by atoms with Gasteiger partial charge in [-0.25, -0.2) is 4.79 Å². The van der Waals surface area contributed by atoms with E-state index in [9.17, 15) is 19.5 Å². The number of quaternary nitrogens is 1. The maximum absolute atomic E-state index is 12.9. The lowest BCUT2D eigenvalue weighted by molar-refractivity contribution is -0.870. The quantitative estimate of drug-likeness (QED) is 0.0211. The second-order valence-corrected chi connectivity index (χ2v) is 24.1. The second-order valence-electron chi connectivity index (χ2n) is 24.1. The van der Waals surface area contributed by atoms with Crippen molar-refractivity contribution in [3.63, 3.8) is 0 Å². The third-order valence-corrected chi connectivity index (χ3v) is 14.8. The lowest BCUT2D eigenvalue weighted by Crippen LogP contribution is -2.40. The van der Waals surface area contributed by atoms with Crippen molar-refractivity contribution < 1.29 is 42.9 Å². The molecule has 0 fully saturated rings. The first-order valence-electron chi connectivity index (χ1n) is 34.4. The molecule has 0 spiro atoms. The number of allylic oxidation sites excluding steroid dienone is 16. The molecule has 0 saturated heterocycles. The predicted octanol–water partition coefficient (Wildman–Crippen LogP) is 21.2. The maximum atomic E-state index is 12.9. The molecule has 0 aliphatic rings. The van der Waals surface area contributed by atoms with Crippen LogP contribution in [0.5, 0.6) is 0 Å². The van der Waals surface area contributed by atoms with Gasteiger partial charge in [0.15, 0.2) is 6.10 Å². The summed E-state index contributed by atoms with van der Waals surface area (Å²) in [5.41, 5.74) is 0. The zero-order valence-corrected chi connectivity index (χ0v) is 54.6. The lowest BCUT2D eigenvalue weighted by atomic mass is 10.0. The molecule has 478 valence electrons. The topological polar surface area (TPSA) is 108 Å². The van der Waals surface area contributed by atoms with Gasteiger partial charge in [-0.3, -0.25) is 9.59 Å². The molecule has 9 nitrogen and oxygen atoms in total. The van der Waals surface area contributed by atoms with Crippen LogP contribution < -0.4 is 0 Å². The number of carbonyl (C=O) groups is 3. The molecule has 0 radical (unpaired) electrons. The molecule has 2 atom stereocenters. The average Bonchev–Trinajstić information content (AvgIpc) is 3.46. The van der Waals surface area contributed by atoms with Crippen LogP contribution in [0.2, 0.25) is 0 Å². The van der Waals surface area contributed by atoms with Crippen molar-refractivity contribution in [2.75, 3.05) is 47.5 Å². The fraction of sp³-hybridized carbons (Fsp3) is 0.743. The monoisotopic (exact) mass is 1160 g/mol. The number of carboxylic acids is 1. The number of unbranched alkanes of at least 4 members (excludes halogenated alkanes) is 32. The van der Waals surface area contributed by atoms with E-state index in [1.807, 2.05) is 21.1 Å². The van der Waals surface area contributed by atoms with Crippen LogP contribution in [0.1, 0.15) is 296 Å².